The average molecular weight is 419 g/mol. The summed E-state index contributed by atoms with van der Waals surface area (Å²) in [6.07, 6.45) is 8.28. The van der Waals surface area contributed by atoms with E-state index in [0.29, 0.717) is 24.2 Å². The van der Waals surface area contributed by atoms with Crippen molar-refractivity contribution in [3.8, 4) is 11.3 Å². The van der Waals surface area contributed by atoms with Crippen molar-refractivity contribution in [2.24, 2.45) is 0 Å². The van der Waals surface area contributed by atoms with Gasteiger partial charge in [-0.05, 0) is 37.5 Å². The summed E-state index contributed by atoms with van der Waals surface area (Å²) in [4.78, 5) is 34.0. The number of likely N-dealkylation sites (tertiary alicyclic amines) is 1. The third kappa shape index (κ3) is 3.79. The van der Waals surface area contributed by atoms with Gasteiger partial charge in [0.1, 0.15) is 0 Å². The zero-order chi connectivity index (χ0) is 21.2. The van der Waals surface area contributed by atoms with Crippen LogP contribution in [0.25, 0.3) is 16.8 Å². The molecule has 0 aromatic carbocycles. The molecule has 31 heavy (non-hydrogen) atoms. The average Bonchev–Trinajstić information content (AvgIpc) is 3.28. The Morgan fingerprint density at radius 1 is 0.871 bits per heavy atom. The molecule has 3 aromatic heterocycles. The molecule has 2 aliphatic rings. The van der Waals surface area contributed by atoms with Gasteiger partial charge < -0.3 is 15.1 Å². The van der Waals surface area contributed by atoms with Crippen LogP contribution in [0.3, 0.4) is 0 Å². The summed E-state index contributed by atoms with van der Waals surface area (Å²) in [7, 11) is 0. The second-order valence-corrected chi connectivity index (χ2v) is 8.12. The van der Waals surface area contributed by atoms with Gasteiger partial charge in [-0.15, -0.1) is 0 Å². The Hall–Kier alpha value is -3.26. The fourth-order valence-corrected chi connectivity index (χ4v) is 4.41. The monoisotopic (exact) mass is 418 g/mol. The van der Waals surface area contributed by atoms with Crippen LogP contribution < -0.4 is 5.32 Å². The van der Waals surface area contributed by atoms with Crippen LogP contribution in [0.4, 0.5) is 0 Å². The number of carbonyl (C=O) groups excluding carboxylic acids is 2. The maximum absolute atomic E-state index is 13.0. The lowest BCUT2D eigenvalue weighted by atomic mass is 10.1. The first-order valence-electron chi connectivity index (χ1n) is 10.9. The molecule has 2 aliphatic heterocycles. The summed E-state index contributed by atoms with van der Waals surface area (Å²) in [6, 6.07) is 7.63. The third-order valence-corrected chi connectivity index (χ3v) is 6.10. The third-order valence-electron chi connectivity index (χ3n) is 6.10. The number of rotatable bonds is 3. The Labute approximate surface area is 180 Å². The number of nitrogens with zero attached hydrogens (tertiary/aromatic N) is 5. The minimum absolute atomic E-state index is 0.00976. The van der Waals surface area contributed by atoms with Gasteiger partial charge in [0.15, 0.2) is 0 Å². The van der Waals surface area contributed by atoms with E-state index in [4.69, 9.17) is 0 Å². The van der Waals surface area contributed by atoms with Gasteiger partial charge in [0.25, 0.3) is 11.8 Å². The summed E-state index contributed by atoms with van der Waals surface area (Å²) in [5, 5.41) is 7.77. The highest BCUT2D eigenvalue weighted by Gasteiger charge is 2.23. The highest BCUT2D eigenvalue weighted by atomic mass is 16.2. The van der Waals surface area contributed by atoms with Crippen molar-refractivity contribution in [3.63, 3.8) is 0 Å². The van der Waals surface area contributed by atoms with E-state index in [1.807, 2.05) is 34.1 Å². The zero-order valence-electron chi connectivity index (χ0n) is 17.5. The lowest BCUT2D eigenvalue weighted by Crippen LogP contribution is -2.46. The van der Waals surface area contributed by atoms with Crippen LogP contribution >= 0.6 is 0 Å². The first kappa shape index (κ1) is 19.7. The molecule has 5 rings (SSSR count). The Bertz CT molecular complexity index is 1110. The van der Waals surface area contributed by atoms with Crippen molar-refractivity contribution in [1.29, 1.82) is 0 Å². The first-order valence-corrected chi connectivity index (χ1v) is 10.9. The van der Waals surface area contributed by atoms with E-state index in [1.54, 1.807) is 23.1 Å². The van der Waals surface area contributed by atoms with E-state index < -0.39 is 0 Å². The fourth-order valence-electron chi connectivity index (χ4n) is 4.41. The molecule has 5 heterocycles. The number of fused-ring (bicyclic) bond motifs is 1. The van der Waals surface area contributed by atoms with Crippen molar-refractivity contribution in [1.82, 2.24) is 29.7 Å². The van der Waals surface area contributed by atoms with E-state index in [-0.39, 0.29) is 11.8 Å². The number of nitrogens with one attached hydrogen (secondary N) is 1. The Kier molecular flexibility index (Phi) is 5.38. The van der Waals surface area contributed by atoms with Crippen molar-refractivity contribution in [3.05, 3.63) is 54.0 Å². The molecule has 3 aromatic rings. The van der Waals surface area contributed by atoms with Gasteiger partial charge in [-0.25, -0.2) is 4.52 Å². The molecule has 0 unspecified atom stereocenters. The molecule has 0 atom stereocenters. The molecule has 0 saturated carbocycles. The number of piperidine rings is 1. The summed E-state index contributed by atoms with van der Waals surface area (Å²) in [5.41, 5.74) is 3.55. The molecule has 160 valence electrons. The summed E-state index contributed by atoms with van der Waals surface area (Å²) in [5.74, 6) is 0.0251. The molecule has 0 bridgehead atoms. The predicted molar refractivity (Wildman–Crippen MR) is 117 cm³/mol. The van der Waals surface area contributed by atoms with Gasteiger partial charge in [-0.3, -0.25) is 14.6 Å². The van der Waals surface area contributed by atoms with Gasteiger partial charge in [0.2, 0.25) is 0 Å². The molecular weight excluding hydrogens is 392 g/mol. The second-order valence-electron chi connectivity index (χ2n) is 8.12. The van der Waals surface area contributed by atoms with Gasteiger partial charge in [0.05, 0.1) is 28.5 Å². The van der Waals surface area contributed by atoms with Crippen molar-refractivity contribution in [2.75, 3.05) is 39.3 Å². The van der Waals surface area contributed by atoms with Crippen LogP contribution in [0.15, 0.2) is 42.9 Å². The normalized spacial score (nSPS) is 17.2. The van der Waals surface area contributed by atoms with Crippen molar-refractivity contribution < 1.29 is 9.59 Å². The van der Waals surface area contributed by atoms with Crippen LogP contribution in [0.1, 0.15) is 40.0 Å². The largest absolute Gasteiger partial charge is 0.339 e. The van der Waals surface area contributed by atoms with Gasteiger partial charge in [-0.2, -0.15) is 5.10 Å². The van der Waals surface area contributed by atoms with Crippen LogP contribution in [0.2, 0.25) is 0 Å². The van der Waals surface area contributed by atoms with E-state index in [9.17, 15) is 9.59 Å². The van der Waals surface area contributed by atoms with Crippen LogP contribution in [-0.2, 0) is 0 Å². The quantitative estimate of drug-likeness (QED) is 0.704. The predicted octanol–water partition coefficient (Wildman–Crippen LogP) is 2.07. The molecule has 2 saturated heterocycles. The Balaban J connectivity index is 1.47. The molecule has 0 radical (unpaired) electrons. The van der Waals surface area contributed by atoms with Gasteiger partial charge in [0, 0.05) is 57.2 Å². The molecule has 1 N–H and O–H groups in total. The molecule has 8 heteroatoms. The molecular formula is C23H26N6O2. The first-order chi connectivity index (χ1) is 15.2. The van der Waals surface area contributed by atoms with Crippen molar-refractivity contribution in [2.45, 2.75) is 19.3 Å². The minimum Gasteiger partial charge on any atom is -0.339 e. The smallest absolute Gasteiger partial charge is 0.257 e. The van der Waals surface area contributed by atoms with Gasteiger partial charge >= 0.3 is 0 Å². The standard InChI is InChI=1S/C23H26N6O2/c30-22(28-11-7-24-8-12-28)18-13-17(14-25-15-18)20-5-4-6-21-19(16-26-29(20)21)23(31)27-9-2-1-3-10-27/h4-6,13-16,24H,1-3,7-12H2. The second kappa shape index (κ2) is 8.47. The molecule has 0 aliphatic carbocycles. The molecule has 2 amide bonds. The number of hydrogen-bond acceptors (Lipinski definition) is 5. The number of piperazine rings is 1. The number of pyridine rings is 2. The van der Waals surface area contributed by atoms with E-state index >= 15 is 0 Å². The molecule has 2 fully saturated rings. The summed E-state index contributed by atoms with van der Waals surface area (Å²) < 4.78 is 1.77. The zero-order valence-corrected chi connectivity index (χ0v) is 17.5. The number of carbonyl (C=O) groups is 2. The topological polar surface area (TPSA) is 82.8 Å². The SMILES string of the molecule is O=C(c1cncc(-c2cccc3c(C(=O)N4CCCCC4)cnn23)c1)N1CCNCC1. The lowest BCUT2D eigenvalue weighted by molar-refractivity contribution is 0.0722. The summed E-state index contributed by atoms with van der Waals surface area (Å²) in [6.45, 7) is 4.60. The van der Waals surface area contributed by atoms with Crippen molar-refractivity contribution >= 4 is 17.3 Å². The number of amides is 2. The molecule has 8 nitrogen and oxygen atoms in total. The Morgan fingerprint density at radius 2 is 1.65 bits per heavy atom. The van der Waals surface area contributed by atoms with Crippen LogP contribution in [0.5, 0.6) is 0 Å². The van der Waals surface area contributed by atoms with Gasteiger partial charge in [-0.1, -0.05) is 6.07 Å². The maximum atomic E-state index is 13.0. The van der Waals surface area contributed by atoms with Crippen LogP contribution in [-0.4, -0.2) is 75.5 Å². The molecule has 0 spiro atoms. The fraction of sp³-hybridized carbons (Fsp3) is 0.391. The number of hydrogen-bond donors (Lipinski definition) is 1. The lowest BCUT2D eigenvalue weighted by Gasteiger charge is -2.27. The van der Waals surface area contributed by atoms with E-state index in [2.05, 4.69) is 15.4 Å². The van der Waals surface area contributed by atoms with E-state index in [1.165, 1.54) is 6.42 Å². The highest BCUT2D eigenvalue weighted by molar-refractivity contribution is 6.01. The maximum Gasteiger partial charge on any atom is 0.257 e. The minimum atomic E-state index is -0.00976. The highest BCUT2D eigenvalue weighted by Crippen LogP contribution is 2.24. The van der Waals surface area contributed by atoms with Crippen LogP contribution in [0, 0.1) is 0 Å². The number of aromatic nitrogens is 3. The van der Waals surface area contributed by atoms with E-state index in [0.717, 1.165) is 55.8 Å². The summed E-state index contributed by atoms with van der Waals surface area (Å²) >= 11 is 0. The Morgan fingerprint density at radius 3 is 2.45 bits per heavy atom.